The van der Waals surface area contributed by atoms with Crippen molar-refractivity contribution in [3.05, 3.63) is 84.4 Å². The molecule has 2 amide bonds. The molecule has 3 aromatic rings. The van der Waals surface area contributed by atoms with Crippen molar-refractivity contribution in [2.45, 2.75) is 26.2 Å². The smallest absolute Gasteiger partial charge is 0.272 e. The minimum Gasteiger partial charge on any atom is -0.356 e. The van der Waals surface area contributed by atoms with Gasteiger partial charge in [-0.15, -0.1) is 0 Å². The number of hydrogen-bond acceptors (Lipinski definition) is 4. The maximum Gasteiger partial charge on any atom is 0.272 e. The van der Waals surface area contributed by atoms with Gasteiger partial charge in [0.25, 0.3) is 5.91 Å². The van der Waals surface area contributed by atoms with E-state index in [1.807, 2.05) is 31.2 Å². The van der Waals surface area contributed by atoms with Gasteiger partial charge in [-0.05, 0) is 67.1 Å². The molecule has 2 aromatic heterocycles. The van der Waals surface area contributed by atoms with Crippen LogP contribution in [0.25, 0.3) is 11.1 Å². The number of nitrogens with one attached hydrogen (secondary N) is 1. The Morgan fingerprint density at radius 1 is 1.03 bits per heavy atom. The molecule has 0 bridgehead atoms. The van der Waals surface area contributed by atoms with Crippen LogP contribution in [0.2, 0.25) is 0 Å². The Morgan fingerprint density at radius 2 is 1.88 bits per heavy atom. The molecule has 6 nitrogen and oxygen atoms in total. The van der Waals surface area contributed by atoms with Gasteiger partial charge in [-0.1, -0.05) is 30.3 Å². The van der Waals surface area contributed by atoms with E-state index in [1.165, 1.54) is 0 Å². The summed E-state index contributed by atoms with van der Waals surface area (Å²) in [4.78, 5) is 36.5. The Morgan fingerprint density at radius 3 is 2.62 bits per heavy atom. The average molecular weight is 429 g/mol. The standard InChI is InChI=1S/C26H28N4O2/c1-2-28-25(32)26(12-6-16-30(19-26)24(31)23-9-3-4-13-29-23)18-20-7-5-8-22(17-20)21-10-14-27-15-11-21/h3-5,7-11,13-15,17H,2,6,12,16,18-19H2,1H3,(H,28,32)/t26-/m1/s1. The van der Waals surface area contributed by atoms with Crippen LogP contribution in [0.5, 0.6) is 0 Å². The number of benzene rings is 1. The number of hydrogen-bond donors (Lipinski definition) is 1. The Balaban J connectivity index is 1.62. The van der Waals surface area contributed by atoms with Crippen molar-refractivity contribution in [3.8, 4) is 11.1 Å². The molecule has 4 rings (SSSR count). The number of piperidine rings is 1. The zero-order valence-corrected chi connectivity index (χ0v) is 18.3. The first-order chi connectivity index (χ1) is 15.6. The zero-order valence-electron chi connectivity index (χ0n) is 18.3. The van der Waals surface area contributed by atoms with Crippen LogP contribution in [0, 0.1) is 5.41 Å². The Labute approximate surface area is 188 Å². The summed E-state index contributed by atoms with van der Waals surface area (Å²) >= 11 is 0. The monoisotopic (exact) mass is 428 g/mol. The molecule has 164 valence electrons. The average Bonchev–Trinajstić information content (AvgIpc) is 2.85. The summed E-state index contributed by atoms with van der Waals surface area (Å²) in [5.74, 6) is -0.114. The third kappa shape index (κ3) is 4.69. The quantitative estimate of drug-likeness (QED) is 0.649. The van der Waals surface area contributed by atoms with Crippen LogP contribution >= 0.6 is 0 Å². The topological polar surface area (TPSA) is 75.2 Å². The molecule has 0 radical (unpaired) electrons. The molecule has 1 N–H and O–H groups in total. The van der Waals surface area contributed by atoms with E-state index in [-0.39, 0.29) is 11.8 Å². The van der Waals surface area contributed by atoms with E-state index in [0.29, 0.717) is 31.7 Å². The van der Waals surface area contributed by atoms with Crippen molar-refractivity contribution < 1.29 is 9.59 Å². The summed E-state index contributed by atoms with van der Waals surface area (Å²) < 4.78 is 0. The lowest BCUT2D eigenvalue weighted by Gasteiger charge is -2.41. The minimum atomic E-state index is -0.671. The highest BCUT2D eigenvalue weighted by Crippen LogP contribution is 2.35. The molecule has 1 atom stereocenters. The van der Waals surface area contributed by atoms with Gasteiger partial charge in [-0.25, -0.2) is 0 Å². The second kappa shape index (κ2) is 9.73. The SMILES string of the molecule is CCNC(=O)[C@@]1(Cc2cccc(-c3ccncc3)c2)CCCN(C(=O)c2ccccn2)C1. The Kier molecular flexibility index (Phi) is 6.59. The van der Waals surface area contributed by atoms with Crippen LogP contribution in [0.3, 0.4) is 0 Å². The summed E-state index contributed by atoms with van der Waals surface area (Å²) in [7, 11) is 0. The molecule has 3 heterocycles. The lowest BCUT2D eigenvalue weighted by atomic mass is 9.74. The first kappa shape index (κ1) is 21.7. The molecule has 0 saturated carbocycles. The van der Waals surface area contributed by atoms with Crippen molar-refractivity contribution in [2.75, 3.05) is 19.6 Å². The molecular formula is C26H28N4O2. The van der Waals surface area contributed by atoms with E-state index in [9.17, 15) is 9.59 Å². The fraction of sp³-hybridized carbons (Fsp3) is 0.308. The van der Waals surface area contributed by atoms with Gasteiger partial charge in [-0.3, -0.25) is 19.6 Å². The molecule has 1 aliphatic heterocycles. The van der Waals surface area contributed by atoms with Crippen LogP contribution in [-0.2, 0) is 11.2 Å². The second-order valence-corrected chi connectivity index (χ2v) is 8.30. The predicted molar refractivity (Wildman–Crippen MR) is 124 cm³/mol. The maximum atomic E-state index is 13.3. The molecular weight excluding hydrogens is 400 g/mol. The van der Waals surface area contributed by atoms with Crippen molar-refractivity contribution >= 4 is 11.8 Å². The number of amides is 2. The first-order valence-corrected chi connectivity index (χ1v) is 11.1. The molecule has 1 saturated heterocycles. The normalized spacial score (nSPS) is 18.2. The maximum absolute atomic E-state index is 13.3. The Bertz CT molecular complexity index is 1070. The lowest BCUT2D eigenvalue weighted by molar-refractivity contribution is -0.133. The van der Waals surface area contributed by atoms with Crippen molar-refractivity contribution in [1.82, 2.24) is 20.2 Å². The zero-order chi connectivity index (χ0) is 22.4. The van der Waals surface area contributed by atoms with Crippen LogP contribution in [0.1, 0.15) is 35.8 Å². The number of likely N-dealkylation sites (tertiary alicyclic amines) is 1. The van der Waals surface area contributed by atoms with Crippen molar-refractivity contribution in [3.63, 3.8) is 0 Å². The van der Waals surface area contributed by atoms with E-state index >= 15 is 0 Å². The summed E-state index contributed by atoms with van der Waals surface area (Å²) in [5.41, 5.74) is 3.00. The molecule has 1 aromatic carbocycles. The molecule has 0 unspecified atom stereocenters. The van der Waals surface area contributed by atoms with Gasteiger partial charge >= 0.3 is 0 Å². The van der Waals surface area contributed by atoms with Crippen molar-refractivity contribution in [2.24, 2.45) is 5.41 Å². The van der Waals surface area contributed by atoms with E-state index < -0.39 is 5.41 Å². The van der Waals surface area contributed by atoms with E-state index in [4.69, 9.17) is 0 Å². The molecule has 1 aliphatic rings. The van der Waals surface area contributed by atoms with Crippen LogP contribution < -0.4 is 5.32 Å². The fourth-order valence-corrected chi connectivity index (χ4v) is 4.51. The highest BCUT2D eigenvalue weighted by molar-refractivity contribution is 5.93. The van der Waals surface area contributed by atoms with Gasteiger partial charge in [0, 0.05) is 38.2 Å². The number of carbonyl (C=O) groups is 2. The third-order valence-corrected chi connectivity index (χ3v) is 6.05. The summed E-state index contributed by atoms with van der Waals surface area (Å²) in [6.45, 7) is 3.50. The predicted octanol–water partition coefficient (Wildman–Crippen LogP) is 3.74. The van der Waals surface area contributed by atoms with Gasteiger partial charge in [0.05, 0.1) is 5.41 Å². The summed E-state index contributed by atoms with van der Waals surface area (Å²) in [6.07, 6.45) is 7.27. The lowest BCUT2D eigenvalue weighted by Crippen LogP contribution is -2.54. The first-order valence-electron chi connectivity index (χ1n) is 11.1. The number of pyridine rings is 2. The number of carbonyl (C=O) groups excluding carboxylic acids is 2. The van der Waals surface area contributed by atoms with Gasteiger partial charge in [-0.2, -0.15) is 0 Å². The highest BCUT2D eigenvalue weighted by Gasteiger charge is 2.43. The molecule has 1 fully saturated rings. The van der Waals surface area contributed by atoms with E-state index in [1.54, 1.807) is 35.6 Å². The largest absolute Gasteiger partial charge is 0.356 e. The van der Waals surface area contributed by atoms with Gasteiger partial charge in [0.2, 0.25) is 5.91 Å². The Hall–Kier alpha value is -3.54. The third-order valence-electron chi connectivity index (χ3n) is 6.05. The second-order valence-electron chi connectivity index (χ2n) is 8.30. The van der Waals surface area contributed by atoms with Gasteiger partial charge in [0.15, 0.2) is 0 Å². The highest BCUT2D eigenvalue weighted by atomic mass is 16.2. The number of aromatic nitrogens is 2. The van der Waals surface area contributed by atoms with Crippen LogP contribution in [-0.4, -0.2) is 46.3 Å². The van der Waals surface area contributed by atoms with E-state index in [2.05, 4.69) is 33.5 Å². The molecule has 32 heavy (non-hydrogen) atoms. The van der Waals surface area contributed by atoms with Crippen LogP contribution in [0.15, 0.2) is 73.2 Å². The van der Waals surface area contributed by atoms with Gasteiger partial charge < -0.3 is 10.2 Å². The van der Waals surface area contributed by atoms with E-state index in [0.717, 1.165) is 29.5 Å². The molecule has 0 spiro atoms. The molecule has 6 heteroatoms. The number of nitrogens with zero attached hydrogens (tertiary/aromatic N) is 3. The van der Waals surface area contributed by atoms with Crippen molar-refractivity contribution in [1.29, 1.82) is 0 Å². The summed E-state index contributed by atoms with van der Waals surface area (Å²) in [5, 5.41) is 3.02. The molecule has 0 aliphatic carbocycles. The van der Waals surface area contributed by atoms with Gasteiger partial charge in [0.1, 0.15) is 5.69 Å². The minimum absolute atomic E-state index is 0.00725. The summed E-state index contributed by atoms with van der Waals surface area (Å²) in [6, 6.07) is 17.6. The van der Waals surface area contributed by atoms with Crippen LogP contribution in [0.4, 0.5) is 0 Å². The number of rotatable bonds is 6. The fourth-order valence-electron chi connectivity index (χ4n) is 4.51.